The van der Waals surface area contributed by atoms with E-state index in [2.05, 4.69) is 0 Å². The van der Waals surface area contributed by atoms with Gasteiger partial charge < -0.3 is 13.9 Å². The number of rotatable bonds is 6. The first-order valence-electron chi connectivity index (χ1n) is 8.28. The van der Waals surface area contributed by atoms with Gasteiger partial charge in [-0.25, -0.2) is 4.79 Å². The number of benzene rings is 1. The Morgan fingerprint density at radius 3 is 2.35 bits per heavy atom. The Morgan fingerprint density at radius 2 is 1.77 bits per heavy atom. The second-order valence-corrected chi connectivity index (χ2v) is 6.55. The fraction of sp³-hybridized carbons (Fsp3) is 0.350. The number of esters is 1. The highest BCUT2D eigenvalue weighted by atomic mass is 16.5. The number of carbonyl (C=O) groups excluding carboxylic acids is 2. The average molecular weight is 358 g/mol. The number of ketones is 1. The van der Waals surface area contributed by atoms with E-state index in [1.807, 2.05) is 13.8 Å². The summed E-state index contributed by atoms with van der Waals surface area (Å²) in [5, 5.41) is 0.565. The smallest absolute Gasteiger partial charge is 0.336 e. The molecule has 0 atom stereocenters. The van der Waals surface area contributed by atoms with Crippen molar-refractivity contribution < 1.29 is 23.5 Å². The number of ether oxygens (including phenoxy) is 2. The van der Waals surface area contributed by atoms with Crippen molar-refractivity contribution in [3.63, 3.8) is 0 Å². The lowest BCUT2D eigenvalue weighted by Crippen LogP contribution is -2.16. The average Bonchev–Trinajstić information content (AvgIpc) is 2.57. The molecule has 6 nitrogen and oxygen atoms in total. The molecule has 0 saturated carbocycles. The van der Waals surface area contributed by atoms with E-state index in [0.29, 0.717) is 11.0 Å². The van der Waals surface area contributed by atoms with Gasteiger partial charge in [-0.05, 0) is 43.5 Å². The van der Waals surface area contributed by atoms with Crippen LogP contribution < -0.4 is 10.4 Å². The van der Waals surface area contributed by atoms with E-state index in [4.69, 9.17) is 13.9 Å². The Balaban J connectivity index is 2.59. The Bertz CT molecular complexity index is 929. The largest absolute Gasteiger partial charge is 0.496 e. The van der Waals surface area contributed by atoms with Crippen molar-refractivity contribution in [2.75, 3.05) is 7.11 Å². The summed E-state index contributed by atoms with van der Waals surface area (Å²) in [7, 11) is 1.41. The minimum atomic E-state index is -0.588. The zero-order valence-corrected chi connectivity index (χ0v) is 15.5. The van der Waals surface area contributed by atoms with Crippen LogP contribution in [0.15, 0.2) is 44.8 Å². The SMILES string of the molecule is COc1ccc2ccc(=O)oc2c1C(=O)C(OC(=O)CC(C)C)=C(C)C. The molecule has 0 bridgehead atoms. The lowest BCUT2D eigenvalue weighted by molar-refractivity contribution is -0.140. The van der Waals surface area contributed by atoms with Gasteiger partial charge in [0.25, 0.3) is 0 Å². The van der Waals surface area contributed by atoms with Gasteiger partial charge in [-0.2, -0.15) is 0 Å². The second-order valence-electron chi connectivity index (χ2n) is 6.55. The molecule has 0 aliphatic carbocycles. The number of allylic oxidation sites excluding steroid dienone is 2. The molecule has 0 saturated heterocycles. The maximum Gasteiger partial charge on any atom is 0.336 e. The van der Waals surface area contributed by atoms with Gasteiger partial charge in [0.15, 0.2) is 11.3 Å². The maximum atomic E-state index is 13.1. The van der Waals surface area contributed by atoms with Gasteiger partial charge in [-0.1, -0.05) is 13.8 Å². The lowest BCUT2D eigenvalue weighted by atomic mass is 10.0. The Hall–Kier alpha value is -2.89. The summed E-state index contributed by atoms with van der Waals surface area (Å²) < 4.78 is 15.8. The summed E-state index contributed by atoms with van der Waals surface area (Å²) in [6, 6.07) is 6.12. The minimum Gasteiger partial charge on any atom is -0.496 e. The Labute approximate surface area is 151 Å². The number of Topliss-reactive ketones (excluding diaryl/α,β-unsaturated/α-hetero) is 1. The fourth-order valence-corrected chi connectivity index (χ4v) is 2.48. The molecular weight excluding hydrogens is 336 g/mol. The summed E-state index contributed by atoms with van der Waals surface area (Å²) in [5.74, 6) is -0.825. The number of carbonyl (C=O) groups is 2. The molecule has 6 heteroatoms. The van der Waals surface area contributed by atoms with E-state index in [1.165, 1.54) is 13.2 Å². The fourth-order valence-electron chi connectivity index (χ4n) is 2.48. The number of hydrogen-bond donors (Lipinski definition) is 0. The van der Waals surface area contributed by atoms with Crippen LogP contribution in [0.5, 0.6) is 5.75 Å². The molecule has 0 spiro atoms. The van der Waals surface area contributed by atoms with Gasteiger partial charge in [0.2, 0.25) is 5.78 Å². The molecule has 0 N–H and O–H groups in total. The van der Waals surface area contributed by atoms with Gasteiger partial charge >= 0.3 is 11.6 Å². The van der Waals surface area contributed by atoms with Crippen molar-refractivity contribution in [2.45, 2.75) is 34.1 Å². The molecule has 2 aromatic rings. The van der Waals surface area contributed by atoms with Crippen LogP contribution in [0.3, 0.4) is 0 Å². The molecule has 0 amide bonds. The first kappa shape index (κ1) is 19.4. The maximum absolute atomic E-state index is 13.1. The first-order chi connectivity index (χ1) is 12.2. The minimum absolute atomic E-state index is 0.0521. The predicted molar refractivity (Wildman–Crippen MR) is 97.3 cm³/mol. The monoisotopic (exact) mass is 358 g/mol. The molecule has 0 fully saturated rings. The third-order valence-corrected chi connectivity index (χ3v) is 3.65. The molecule has 0 aliphatic heterocycles. The summed E-state index contributed by atoms with van der Waals surface area (Å²) in [6.45, 7) is 7.11. The van der Waals surface area contributed by atoms with E-state index in [9.17, 15) is 14.4 Å². The van der Waals surface area contributed by atoms with Gasteiger partial charge in [0.1, 0.15) is 11.3 Å². The van der Waals surface area contributed by atoms with E-state index >= 15 is 0 Å². The van der Waals surface area contributed by atoms with Crippen LogP contribution >= 0.6 is 0 Å². The van der Waals surface area contributed by atoms with Crippen LogP contribution in [-0.2, 0) is 9.53 Å². The third kappa shape index (κ3) is 4.20. The van der Waals surface area contributed by atoms with Gasteiger partial charge in [0.05, 0.1) is 7.11 Å². The zero-order chi connectivity index (χ0) is 19.4. The van der Waals surface area contributed by atoms with Crippen LogP contribution in [0.2, 0.25) is 0 Å². The molecule has 138 valence electrons. The zero-order valence-electron chi connectivity index (χ0n) is 15.5. The molecule has 0 radical (unpaired) electrons. The second kappa shape index (κ2) is 7.99. The first-order valence-corrected chi connectivity index (χ1v) is 8.28. The Kier molecular flexibility index (Phi) is 5.97. The van der Waals surface area contributed by atoms with Crippen molar-refractivity contribution >= 4 is 22.7 Å². The number of fused-ring (bicyclic) bond motifs is 1. The van der Waals surface area contributed by atoms with E-state index in [-0.39, 0.29) is 35.0 Å². The lowest BCUT2D eigenvalue weighted by Gasteiger charge is -2.14. The summed E-state index contributed by atoms with van der Waals surface area (Å²) in [5.41, 5.74) is 0.0940. The topological polar surface area (TPSA) is 82.8 Å². The predicted octanol–water partition coefficient (Wildman–Crippen LogP) is 3.87. The van der Waals surface area contributed by atoms with Gasteiger partial charge in [-0.3, -0.25) is 9.59 Å². The van der Waals surface area contributed by atoms with Crippen molar-refractivity contribution in [1.82, 2.24) is 0 Å². The normalized spacial score (nSPS) is 10.7. The summed E-state index contributed by atoms with van der Waals surface area (Å²) in [4.78, 5) is 36.8. The van der Waals surface area contributed by atoms with Crippen LogP contribution in [0, 0.1) is 5.92 Å². The summed E-state index contributed by atoms with van der Waals surface area (Å²) >= 11 is 0. The molecular formula is C20H22O6. The van der Waals surface area contributed by atoms with Gasteiger partial charge in [-0.15, -0.1) is 0 Å². The third-order valence-electron chi connectivity index (χ3n) is 3.65. The molecule has 0 aliphatic rings. The van der Waals surface area contributed by atoms with E-state index in [0.717, 1.165) is 0 Å². The Morgan fingerprint density at radius 1 is 1.12 bits per heavy atom. The number of methoxy groups -OCH3 is 1. The van der Waals surface area contributed by atoms with Crippen LogP contribution in [0.25, 0.3) is 11.0 Å². The van der Waals surface area contributed by atoms with Gasteiger partial charge in [0, 0.05) is 17.9 Å². The highest BCUT2D eigenvalue weighted by Gasteiger charge is 2.26. The number of hydrogen-bond acceptors (Lipinski definition) is 6. The highest BCUT2D eigenvalue weighted by molar-refractivity contribution is 6.16. The van der Waals surface area contributed by atoms with Crippen molar-refractivity contribution in [2.24, 2.45) is 5.92 Å². The molecule has 1 aromatic carbocycles. The standard InChI is InChI=1S/C20H22O6/c1-11(2)10-16(22)26-19(12(3)4)18(23)17-14(24-5)8-6-13-7-9-15(21)25-20(13)17/h6-9,11H,10H2,1-5H3. The van der Waals surface area contributed by atoms with Crippen LogP contribution in [0.4, 0.5) is 0 Å². The molecule has 1 heterocycles. The summed E-state index contributed by atoms with van der Waals surface area (Å²) in [6.07, 6.45) is 0.186. The molecule has 2 rings (SSSR count). The van der Waals surface area contributed by atoms with E-state index < -0.39 is 17.4 Å². The van der Waals surface area contributed by atoms with Crippen LogP contribution in [-0.4, -0.2) is 18.9 Å². The quantitative estimate of drug-likeness (QED) is 0.256. The molecule has 1 aromatic heterocycles. The van der Waals surface area contributed by atoms with Crippen molar-refractivity contribution in [3.05, 3.63) is 51.6 Å². The molecule has 0 unspecified atom stereocenters. The highest BCUT2D eigenvalue weighted by Crippen LogP contribution is 2.30. The van der Waals surface area contributed by atoms with Crippen LogP contribution in [0.1, 0.15) is 44.5 Å². The van der Waals surface area contributed by atoms with Crippen molar-refractivity contribution in [1.29, 1.82) is 0 Å². The van der Waals surface area contributed by atoms with E-state index in [1.54, 1.807) is 32.0 Å². The molecule has 26 heavy (non-hydrogen) atoms. The van der Waals surface area contributed by atoms with Crippen molar-refractivity contribution in [3.8, 4) is 5.75 Å².